The van der Waals surface area contributed by atoms with Crippen LogP contribution < -0.4 is 5.73 Å². The standard InChI is InChI=1S/C16H25ClN2/c1-12-5-3-4-6-16(12)19(2)11-14-8-7-13(10-18)9-15(14)17/h7-9,12,16H,3-6,10-11,18H2,1-2H3. The van der Waals surface area contributed by atoms with Gasteiger partial charge < -0.3 is 5.73 Å². The molecule has 1 saturated carbocycles. The number of benzene rings is 1. The Bertz CT molecular complexity index is 419. The third kappa shape index (κ3) is 3.71. The van der Waals surface area contributed by atoms with Crippen LogP contribution in [0.15, 0.2) is 18.2 Å². The van der Waals surface area contributed by atoms with Crippen molar-refractivity contribution >= 4 is 11.6 Å². The summed E-state index contributed by atoms with van der Waals surface area (Å²) in [6.45, 7) is 3.85. The molecule has 3 heteroatoms. The zero-order valence-corrected chi connectivity index (χ0v) is 12.8. The molecule has 0 radical (unpaired) electrons. The molecule has 0 aliphatic heterocycles. The molecule has 0 heterocycles. The summed E-state index contributed by atoms with van der Waals surface area (Å²) < 4.78 is 0. The summed E-state index contributed by atoms with van der Waals surface area (Å²) in [4.78, 5) is 2.47. The first kappa shape index (κ1) is 14.8. The summed E-state index contributed by atoms with van der Waals surface area (Å²) >= 11 is 6.35. The lowest BCUT2D eigenvalue weighted by atomic mass is 9.85. The summed E-state index contributed by atoms with van der Waals surface area (Å²) in [6, 6.07) is 6.89. The van der Waals surface area contributed by atoms with Crippen LogP contribution in [0.2, 0.25) is 5.02 Å². The van der Waals surface area contributed by atoms with Gasteiger partial charge in [-0.3, -0.25) is 4.90 Å². The predicted molar refractivity (Wildman–Crippen MR) is 82.2 cm³/mol. The lowest BCUT2D eigenvalue weighted by molar-refractivity contribution is 0.133. The van der Waals surface area contributed by atoms with E-state index in [9.17, 15) is 0 Å². The second-order valence-electron chi connectivity index (χ2n) is 5.87. The first-order chi connectivity index (χ1) is 9.11. The summed E-state index contributed by atoms with van der Waals surface area (Å²) in [7, 11) is 2.22. The van der Waals surface area contributed by atoms with E-state index < -0.39 is 0 Å². The third-order valence-corrected chi connectivity index (χ3v) is 4.76. The van der Waals surface area contributed by atoms with Gasteiger partial charge in [-0.25, -0.2) is 0 Å². The SMILES string of the molecule is CC1CCCCC1N(C)Cc1ccc(CN)cc1Cl. The highest BCUT2D eigenvalue weighted by Gasteiger charge is 2.25. The van der Waals surface area contributed by atoms with Gasteiger partial charge in [-0.1, -0.05) is 43.5 Å². The fourth-order valence-corrected chi connectivity index (χ4v) is 3.45. The Morgan fingerprint density at radius 1 is 1.32 bits per heavy atom. The predicted octanol–water partition coefficient (Wildman–Crippen LogP) is 3.81. The van der Waals surface area contributed by atoms with Gasteiger partial charge in [0.05, 0.1) is 0 Å². The molecule has 0 spiro atoms. The summed E-state index contributed by atoms with van der Waals surface area (Å²) in [6.07, 6.45) is 5.42. The molecule has 0 aromatic heterocycles. The van der Waals surface area contributed by atoms with Crippen LogP contribution in [0.5, 0.6) is 0 Å². The molecule has 1 aliphatic carbocycles. The Balaban J connectivity index is 2.03. The van der Waals surface area contributed by atoms with Gasteiger partial charge in [0.2, 0.25) is 0 Å². The highest BCUT2D eigenvalue weighted by Crippen LogP contribution is 2.29. The van der Waals surface area contributed by atoms with Crippen LogP contribution in [0.25, 0.3) is 0 Å². The van der Waals surface area contributed by atoms with Crippen molar-refractivity contribution in [1.29, 1.82) is 0 Å². The summed E-state index contributed by atoms with van der Waals surface area (Å²) in [5, 5.41) is 0.846. The minimum absolute atomic E-state index is 0.551. The van der Waals surface area contributed by atoms with Crippen LogP contribution in [0.4, 0.5) is 0 Å². The lowest BCUT2D eigenvalue weighted by Gasteiger charge is -2.36. The number of halogens is 1. The van der Waals surface area contributed by atoms with Crippen LogP contribution in [0.3, 0.4) is 0 Å². The Morgan fingerprint density at radius 2 is 2.05 bits per heavy atom. The maximum absolute atomic E-state index is 6.35. The molecular weight excluding hydrogens is 256 g/mol. The van der Waals surface area contributed by atoms with Crippen LogP contribution in [0, 0.1) is 5.92 Å². The molecule has 0 bridgehead atoms. The van der Waals surface area contributed by atoms with Crippen molar-refractivity contribution in [3.05, 3.63) is 34.3 Å². The van der Waals surface area contributed by atoms with Crippen molar-refractivity contribution in [3.63, 3.8) is 0 Å². The Hall–Kier alpha value is -0.570. The summed E-state index contributed by atoms with van der Waals surface area (Å²) in [5.74, 6) is 0.792. The van der Waals surface area contributed by atoms with Gasteiger partial charge in [-0.05, 0) is 43.0 Å². The highest BCUT2D eigenvalue weighted by molar-refractivity contribution is 6.31. The molecule has 0 amide bonds. The first-order valence-electron chi connectivity index (χ1n) is 7.29. The van der Waals surface area contributed by atoms with Crippen LogP contribution in [-0.2, 0) is 13.1 Å². The fourth-order valence-electron chi connectivity index (χ4n) is 3.18. The highest BCUT2D eigenvalue weighted by atomic mass is 35.5. The van der Waals surface area contributed by atoms with Gasteiger partial charge in [0.1, 0.15) is 0 Å². The number of rotatable bonds is 4. The van der Waals surface area contributed by atoms with Crippen molar-refractivity contribution in [2.45, 2.75) is 51.7 Å². The molecule has 2 N–H and O–H groups in total. The fraction of sp³-hybridized carbons (Fsp3) is 0.625. The van der Waals surface area contributed by atoms with E-state index in [2.05, 4.69) is 31.0 Å². The van der Waals surface area contributed by atoms with E-state index >= 15 is 0 Å². The molecule has 1 fully saturated rings. The first-order valence-corrected chi connectivity index (χ1v) is 7.67. The van der Waals surface area contributed by atoms with Gasteiger partial charge in [0.25, 0.3) is 0 Å². The van der Waals surface area contributed by atoms with Gasteiger partial charge >= 0.3 is 0 Å². The van der Waals surface area contributed by atoms with E-state index in [1.165, 1.54) is 31.2 Å². The smallest absolute Gasteiger partial charge is 0.0454 e. The molecule has 19 heavy (non-hydrogen) atoms. The molecule has 2 rings (SSSR count). The van der Waals surface area contributed by atoms with Crippen molar-refractivity contribution in [2.24, 2.45) is 11.7 Å². The van der Waals surface area contributed by atoms with E-state index in [1.807, 2.05) is 6.07 Å². The molecule has 2 unspecified atom stereocenters. The quantitative estimate of drug-likeness (QED) is 0.909. The van der Waals surface area contributed by atoms with Crippen LogP contribution in [-0.4, -0.2) is 18.0 Å². The van der Waals surface area contributed by atoms with Crippen molar-refractivity contribution in [2.75, 3.05) is 7.05 Å². The third-order valence-electron chi connectivity index (χ3n) is 4.41. The molecule has 1 aromatic rings. The average molecular weight is 281 g/mol. The largest absolute Gasteiger partial charge is 0.326 e. The second kappa shape index (κ2) is 6.74. The van der Waals surface area contributed by atoms with E-state index in [0.717, 1.165) is 23.0 Å². The molecular formula is C16H25ClN2. The van der Waals surface area contributed by atoms with Crippen molar-refractivity contribution in [1.82, 2.24) is 4.90 Å². The normalized spacial score (nSPS) is 23.8. The lowest BCUT2D eigenvalue weighted by Crippen LogP contribution is -2.38. The molecule has 2 nitrogen and oxygen atoms in total. The van der Waals surface area contributed by atoms with Crippen LogP contribution in [0.1, 0.15) is 43.7 Å². The molecule has 1 aromatic carbocycles. The maximum atomic E-state index is 6.35. The Labute approximate surface area is 121 Å². The van der Waals surface area contributed by atoms with Gasteiger partial charge in [-0.15, -0.1) is 0 Å². The van der Waals surface area contributed by atoms with E-state index in [0.29, 0.717) is 12.6 Å². The maximum Gasteiger partial charge on any atom is 0.0454 e. The molecule has 106 valence electrons. The van der Waals surface area contributed by atoms with Crippen molar-refractivity contribution in [3.8, 4) is 0 Å². The minimum Gasteiger partial charge on any atom is -0.326 e. The second-order valence-corrected chi connectivity index (χ2v) is 6.28. The van der Waals surface area contributed by atoms with Gasteiger partial charge in [0.15, 0.2) is 0 Å². The Morgan fingerprint density at radius 3 is 2.68 bits per heavy atom. The zero-order valence-electron chi connectivity index (χ0n) is 12.0. The minimum atomic E-state index is 0.551. The van der Waals surface area contributed by atoms with E-state index in [1.54, 1.807) is 0 Å². The number of nitrogens with zero attached hydrogens (tertiary/aromatic N) is 1. The van der Waals surface area contributed by atoms with Gasteiger partial charge in [0, 0.05) is 24.2 Å². The topological polar surface area (TPSA) is 29.3 Å². The zero-order chi connectivity index (χ0) is 13.8. The average Bonchev–Trinajstić information content (AvgIpc) is 2.41. The van der Waals surface area contributed by atoms with E-state index in [4.69, 9.17) is 17.3 Å². The molecule has 0 saturated heterocycles. The Kier molecular flexibility index (Phi) is 5.26. The number of hydrogen-bond acceptors (Lipinski definition) is 2. The van der Waals surface area contributed by atoms with E-state index in [-0.39, 0.29) is 0 Å². The monoisotopic (exact) mass is 280 g/mol. The number of nitrogens with two attached hydrogens (primary N) is 1. The van der Waals surface area contributed by atoms with Crippen LogP contribution >= 0.6 is 11.6 Å². The number of hydrogen-bond donors (Lipinski definition) is 1. The molecule has 2 atom stereocenters. The van der Waals surface area contributed by atoms with Crippen molar-refractivity contribution < 1.29 is 0 Å². The molecule has 1 aliphatic rings. The van der Waals surface area contributed by atoms with Gasteiger partial charge in [-0.2, -0.15) is 0 Å². The summed E-state index contributed by atoms with van der Waals surface area (Å²) in [5.41, 5.74) is 7.94.